The number of amides is 1. The average molecular weight is 234 g/mol. The summed E-state index contributed by atoms with van der Waals surface area (Å²) >= 11 is 0. The molecule has 1 aromatic heterocycles. The molecule has 0 spiro atoms. The molecule has 2 aliphatic rings. The summed E-state index contributed by atoms with van der Waals surface area (Å²) in [6.45, 7) is 1.82. The summed E-state index contributed by atoms with van der Waals surface area (Å²) in [5.41, 5.74) is 0.663. The van der Waals surface area contributed by atoms with Crippen LogP contribution in [0.15, 0.2) is 16.7 Å². The van der Waals surface area contributed by atoms with E-state index < -0.39 is 0 Å². The Bertz CT molecular complexity index is 415. The third-order valence-electron chi connectivity index (χ3n) is 3.91. The summed E-state index contributed by atoms with van der Waals surface area (Å²) in [5.74, 6) is 0.696. The number of rotatable bonds is 2. The van der Waals surface area contributed by atoms with Gasteiger partial charge in [-0.05, 0) is 38.7 Å². The van der Waals surface area contributed by atoms with Crippen LogP contribution in [-0.2, 0) is 0 Å². The molecule has 0 radical (unpaired) electrons. The summed E-state index contributed by atoms with van der Waals surface area (Å²) < 4.78 is 5.16. The molecule has 2 bridgehead atoms. The second-order valence-electron chi connectivity index (χ2n) is 5.17. The molecule has 4 nitrogen and oxygen atoms in total. The Kier molecular flexibility index (Phi) is 2.67. The van der Waals surface area contributed by atoms with Gasteiger partial charge in [0.1, 0.15) is 5.76 Å². The molecule has 2 atom stereocenters. The van der Waals surface area contributed by atoms with E-state index in [-0.39, 0.29) is 5.91 Å². The first-order chi connectivity index (χ1) is 8.22. The van der Waals surface area contributed by atoms with Crippen LogP contribution in [-0.4, -0.2) is 24.0 Å². The van der Waals surface area contributed by atoms with Crippen LogP contribution < -0.4 is 10.6 Å². The monoisotopic (exact) mass is 234 g/mol. The highest BCUT2D eigenvalue weighted by Gasteiger charge is 2.34. The van der Waals surface area contributed by atoms with Crippen LogP contribution in [0.25, 0.3) is 0 Å². The maximum Gasteiger partial charge on any atom is 0.255 e. The fraction of sp³-hybridized carbons (Fsp3) is 0.615. The Morgan fingerprint density at radius 1 is 1.41 bits per heavy atom. The van der Waals surface area contributed by atoms with Gasteiger partial charge in [0, 0.05) is 18.1 Å². The van der Waals surface area contributed by atoms with Crippen LogP contribution in [0, 0.1) is 6.92 Å². The Hall–Kier alpha value is -1.29. The van der Waals surface area contributed by atoms with Gasteiger partial charge in [-0.2, -0.15) is 0 Å². The Labute approximate surface area is 101 Å². The number of carbonyl (C=O) groups excluding carboxylic acids is 1. The van der Waals surface area contributed by atoms with E-state index in [0.29, 0.717) is 29.4 Å². The molecule has 0 aliphatic carbocycles. The number of aryl methyl sites for hydroxylation is 1. The summed E-state index contributed by atoms with van der Waals surface area (Å²) in [5, 5.41) is 6.69. The topological polar surface area (TPSA) is 54.3 Å². The minimum atomic E-state index is 0.00236. The molecule has 2 aliphatic heterocycles. The molecule has 2 unspecified atom stereocenters. The van der Waals surface area contributed by atoms with Gasteiger partial charge in [0.05, 0.1) is 11.8 Å². The largest absolute Gasteiger partial charge is 0.469 e. The summed E-state index contributed by atoms with van der Waals surface area (Å²) in [6, 6.07) is 3.25. The maximum absolute atomic E-state index is 12.0. The average Bonchev–Trinajstić information content (AvgIpc) is 2.85. The lowest BCUT2D eigenvalue weighted by Gasteiger charge is -2.29. The van der Waals surface area contributed by atoms with Crippen molar-refractivity contribution in [2.24, 2.45) is 0 Å². The van der Waals surface area contributed by atoms with Crippen molar-refractivity contribution < 1.29 is 9.21 Å². The van der Waals surface area contributed by atoms with Crippen molar-refractivity contribution in [3.8, 4) is 0 Å². The van der Waals surface area contributed by atoms with Crippen LogP contribution in [0.2, 0.25) is 0 Å². The van der Waals surface area contributed by atoms with Crippen molar-refractivity contribution in [3.05, 3.63) is 23.7 Å². The minimum absolute atomic E-state index is 0.00236. The van der Waals surface area contributed by atoms with Crippen LogP contribution in [0.5, 0.6) is 0 Å². The molecule has 17 heavy (non-hydrogen) atoms. The SMILES string of the molecule is Cc1occc1C(=O)NC1CC2CCC(C1)N2. The Morgan fingerprint density at radius 2 is 2.12 bits per heavy atom. The second kappa shape index (κ2) is 4.18. The van der Waals surface area contributed by atoms with Crippen LogP contribution >= 0.6 is 0 Å². The predicted molar refractivity (Wildman–Crippen MR) is 63.9 cm³/mol. The molecule has 2 fully saturated rings. The maximum atomic E-state index is 12.0. The van der Waals surface area contributed by atoms with Gasteiger partial charge in [0.2, 0.25) is 0 Å². The fourth-order valence-corrected chi connectivity index (χ4v) is 3.06. The zero-order valence-electron chi connectivity index (χ0n) is 10.0. The normalized spacial score (nSPS) is 31.5. The molecule has 1 aromatic rings. The van der Waals surface area contributed by atoms with E-state index in [1.807, 2.05) is 6.92 Å². The van der Waals surface area contributed by atoms with Crippen molar-refractivity contribution in [1.29, 1.82) is 0 Å². The van der Waals surface area contributed by atoms with Crippen molar-refractivity contribution in [2.45, 2.75) is 50.7 Å². The molecule has 92 valence electrons. The molecule has 0 saturated carbocycles. The van der Waals surface area contributed by atoms with E-state index in [0.717, 1.165) is 12.8 Å². The highest BCUT2D eigenvalue weighted by atomic mass is 16.3. The van der Waals surface area contributed by atoms with Crippen molar-refractivity contribution >= 4 is 5.91 Å². The Morgan fingerprint density at radius 3 is 2.71 bits per heavy atom. The first-order valence-corrected chi connectivity index (χ1v) is 6.33. The van der Waals surface area contributed by atoms with Crippen molar-refractivity contribution in [2.75, 3.05) is 0 Å². The van der Waals surface area contributed by atoms with Crippen LogP contribution in [0.1, 0.15) is 41.8 Å². The van der Waals surface area contributed by atoms with E-state index in [4.69, 9.17) is 4.42 Å². The number of fused-ring (bicyclic) bond motifs is 2. The quantitative estimate of drug-likeness (QED) is 0.817. The molecule has 3 rings (SSSR count). The van der Waals surface area contributed by atoms with Gasteiger partial charge in [-0.15, -0.1) is 0 Å². The van der Waals surface area contributed by atoms with Crippen LogP contribution in [0.3, 0.4) is 0 Å². The number of nitrogens with one attached hydrogen (secondary N) is 2. The van der Waals surface area contributed by atoms with Gasteiger partial charge in [-0.1, -0.05) is 0 Å². The second-order valence-corrected chi connectivity index (χ2v) is 5.17. The summed E-state index contributed by atoms with van der Waals surface area (Å²) in [4.78, 5) is 12.0. The molecular formula is C13H18N2O2. The van der Waals surface area contributed by atoms with Gasteiger partial charge in [0.25, 0.3) is 5.91 Å². The lowest BCUT2D eigenvalue weighted by atomic mass is 9.99. The number of furan rings is 1. The number of hydrogen-bond acceptors (Lipinski definition) is 3. The summed E-state index contributed by atoms with van der Waals surface area (Å²) in [7, 11) is 0. The lowest BCUT2D eigenvalue weighted by molar-refractivity contribution is 0.0922. The first-order valence-electron chi connectivity index (χ1n) is 6.33. The predicted octanol–water partition coefficient (Wildman–Crippen LogP) is 1.60. The zero-order chi connectivity index (χ0) is 11.8. The number of piperidine rings is 1. The number of carbonyl (C=O) groups is 1. The smallest absolute Gasteiger partial charge is 0.255 e. The third kappa shape index (κ3) is 2.09. The summed E-state index contributed by atoms with van der Waals surface area (Å²) in [6.07, 6.45) is 6.18. The van der Waals surface area contributed by atoms with E-state index in [9.17, 15) is 4.79 Å². The van der Waals surface area contributed by atoms with E-state index in [1.165, 1.54) is 12.8 Å². The fourth-order valence-electron chi connectivity index (χ4n) is 3.06. The molecule has 4 heteroatoms. The first kappa shape index (κ1) is 10.8. The van der Waals surface area contributed by atoms with E-state index >= 15 is 0 Å². The minimum Gasteiger partial charge on any atom is -0.469 e. The molecule has 3 heterocycles. The molecular weight excluding hydrogens is 216 g/mol. The van der Waals surface area contributed by atoms with Gasteiger partial charge >= 0.3 is 0 Å². The standard InChI is InChI=1S/C13H18N2O2/c1-8-12(4-5-17-8)13(16)15-11-6-9-2-3-10(7-11)14-9/h4-5,9-11,14H,2-3,6-7H2,1H3,(H,15,16). The highest BCUT2D eigenvalue weighted by Crippen LogP contribution is 2.27. The molecule has 2 N–H and O–H groups in total. The van der Waals surface area contributed by atoms with Gasteiger partial charge in [0.15, 0.2) is 0 Å². The van der Waals surface area contributed by atoms with Crippen molar-refractivity contribution in [3.63, 3.8) is 0 Å². The molecule has 0 aromatic carbocycles. The number of hydrogen-bond donors (Lipinski definition) is 2. The van der Waals surface area contributed by atoms with Gasteiger partial charge < -0.3 is 15.1 Å². The molecule has 1 amide bonds. The Balaban J connectivity index is 1.64. The van der Waals surface area contributed by atoms with Crippen LogP contribution in [0.4, 0.5) is 0 Å². The third-order valence-corrected chi connectivity index (χ3v) is 3.91. The van der Waals surface area contributed by atoms with Crippen molar-refractivity contribution in [1.82, 2.24) is 10.6 Å². The lowest BCUT2D eigenvalue weighted by Crippen LogP contribution is -2.48. The van der Waals surface area contributed by atoms with E-state index in [2.05, 4.69) is 10.6 Å². The van der Waals surface area contributed by atoms with Gasteiger partial charge in [-0.3, -0.25) is 4.79 Å². The van der Waals surface area contributed by atoms with E-state index in [1.54, 1.807) is 12.3 Å². The zero-order valence-corrected chi connectivity index (χ0v) is 10.0. The molecule has 2 saturated heterocycles. The highest BCUT2D eigenvalue weighted by molar-refractivity contribution is 5.95. The van der Waals surface area contributed by atoms with Gasteiger partial charge in [-0.25, -0.2) is 0 Å².